The maximum atomic E-state index is 12.3. The van der Waals surface area contributed by atoms with E-state index >= 15 is 0 Å². The van der Waals surface area contributed by atoms with E-state index in [1.54, 1.807) is 17.0 Å². The smallest absolute Gasteiger partial charge is 0.272 e. The second-order valence-electron chi connectivity index (χ2n) is 5.75. The molecule has 0 bridgehead atoms. The van der Waals surface area contributed by atoms with Crippen LogP contribution in [-0.2, 0) is 6.42 Å². The van der Waals surface area contributed by atoms with Crippen LogP contribution in [0.25, 0.3) is 0 Å². The molecule has 0 aliphatic rings. The summed E-state index contributed by atoms with van der Waals surface area (Å²) in [7, 11) is 0. The Morgan fingerprint density at radius 3 is 2.48 bits per heavy atom. The van der Waals surface area contributed by atoms with Crippen LogP contribution in [0, 0.1) is 0 Å². The molecule has 0 aliphatic heterocycles. The Hall–Kier alpha value is -2.69. The van der Waals surface area contributed by atoms with Gasteiger partial charge in [0.05, 0.1) is 0 Å². The van der Waals surface area contributed by atoms with Gasteiger partial charge in [-0.2, -0.15) is 0 Å². The highest BCUT2D eigenvalue weighted by Gasteiger charge is 2.15. The fraction of sp³-hybridized carbons (Fsp3) is 0.350. The van der Waals surface area contributed by atoms with Gasteiger partial charge in [0.2, 0.25) is 0 Å². The quantitative estimate of drug-likeness (QED) is 0.752. The van der Waals surface area contributed by atoms with Gasteiger partial charge in [-0.3, -0.25) is 14.6 Å². The zero-order valence-corrected chi connectivity index (χ0v) is 14.9. The number of aryl methyl sites for hydroxylation is 1. The Morgan fingerprint density at radius 2 is 1.80 bits per heavy atom. The van der Waals surface area contributed by atoms with Crippen LogP contribution in [0.5, 0.6) is 0 Å². The van der Waals surface area contributed by atoms with Crippen molar-refractivity contribution in [2.24, 2.45) is 0 Å². The summed E-state index contributed by atoms with van der Waals surface area (Å²) in [6.07, 6.45) is 3.30. The number of nitrogens with zero attached hydrogens (tertiary/aromatic N) is 2. The predicted molar refractivity (Wildman–Crippen MR) is 98.6 cm³/mol. The van der Waals surface area contributed by atoms with Crippen LogP contribution in [-0.4, -0.2) is 41.3 Å². The molecule has 0 radical (unpaired) electrons. The maximum Gasteiger partial charge on any atom is 0.272 e. The van der Waals surface area contributed by atoms with Crippen LogP contribution in [0.1, 0.15) is 46.7 Å². The van der Waals surface area contributed by atoms with E-state index in [1.165, 1.54) is 11.8 Å². The first-order valence-electron chi connectivity index (χ1n) is 8.73. The Labute approximate surface area is 149 Å². The molecule has 2 rings (SSSR count). The van der Waals surface area contributed by atoms with E-state index in [0.717, 1.165) is 12.8 Å². The summed E-state index contributed by atoms with van der Waals surface area (Å²) in [5.74, 6) is -0.326. The summed E-state index contributed by atoms with van der Waals surface area (Å²) in [5, 5.41) is 2.90. The van der Waals surface area contributed by atoms with Gasteiger partial charge >= 0.3 is 0 Å². The molecule has 0 saturated heterocycles. The summed E-state index contributed by atoms with van der Waals surface area (Å²) in [6.45, 7) is 5.67. The van der Waals surface area contributed by atoms with E-state index < -0.39 is 0 Å². The normalized spacial score (nSPS) is 10.3. The number of amides is 2. The van der Waals surface area contributed by atoms with E-state index in [9.17, 15) is 9.59 Å². The summed E-state index contributed by atoms with van der Waals surface area (Å²) < 4.78 is 0. The zero-order chi connectivity index (χ0) is 18.1. The highest BCUT2D eigenvalue weighted by atomic mass is 16.2. The minimum absolute atomic E-state index is 0.149. The number of hydrogen-bond acceptors (Lipinski definition) is 3. The first-order chi connectivity index (χ1) is 12.2. The van der Waals surface area contributed by atoms with Crippen molar-refractivity contribution in [2.75, 3.05) is 19.6 Å². The SMILES string of the molecule is CCN(CC)C(=O)c1cc(C(=O)NCCCc2ccccc2)ccn1. The molecule has 1 aromatic carbocycles. The number of benzene rings is 1. The van der Waals surface area contributed by atoms with Gasteiger partial charge < -0.3 is 10.2 Å². The van der Waals surface area contributed by atoms with Crippen molar-refractivity contribution in [3.63, 3.8) is 0 Å². The van der Waals surface area contributed by atoms with Crippen LogP contribution in [0.15, 0.2) is 48.7 Å². The lowest BCUT2D eigenvalue weighted by atomic mass is 10.1. The molecule has 0 saturated carbocycles. The number of rotatable bonds is 8. The molecule has 25 heavy (non-hydrogen) atoms. The fourth-order valence-corrected chi connectivity index (χ4v) is 2.60. The van der Waals surface area contributed by atoms with Crippen molar-refractivity contribution in [1.29, 1.82) is 0 Å². The van der Waals surface area contributed by atoms with Gasteiger partial charge in [0.15, 0.2) is 0 Å². The topological polar surface area (TPSA) is 62.3 Å². The van der Waals surface area contributed by atoms with Gasteiger partial charge in [0, 0.05) is 31.4 Å². The number of hydrogen-bond donors (Lipinski definition) is 1. The molecule has 132 valence electrons. The van der Waals surface area contributed by atoms with Crippen molar-refractivity contribution in [1.82, 2.24) is 15.2 Å². The Morgan fingerprint density at radius 1 is 1.08 bits per heavy atom. The van der Waals surface area contributed by atoms with E-state index in [1.807, 2.05) is 32.0 Å². The van der Waals surface area contributed by atoms with Crippen molar-refractivity contribution in [3.05, 3.63) is 65.5 Å². The van der Waals surface area contributed by atoms with Crippen molar-refractivity contribution in [3.8, 4) is 0 Å². The Balaban J connectivity index is 1.89. The lowest BCUT2D eigenvalue weighted by Gasteiger charge is -2.18. The van der Waals surface area contributed by atoms with Gasteiger partial charge in [-0.05, 0) is 44.4 Å². The minimum atomic E-state index is -0.177. The molecule has 1 N–H and O–H groups in total. The number of carbonyl (C=O) groups excluding carboxylic acids is 2. The zero-order valence-electron chi connectivity index (χ0n) is 14.9. The third-order valence-corrected chi connectivity index (χ3v) is 4.06. The van der Waals surface area contributed by atoms with Crippen LogP contribution in [0.2, 0.25) is 0 Å². The minimum Gasteiger partial charge on any atom is -0.352 e. The second-order valence-corrected chi connectivity index (χ2v) is 5.75. The number of aromatic nitrogens is 1. The van der Waals surface area contributed by atoms with Crippen LogP contribution in [0.3, 0.4) is 0 Å². The molecule has 0 unspecified atom stereocenters. The number of carbonyl (C=O) groups is 2. The molecule has 2 aromatic rings. The fourth-order valence-electron chi connectivity index (χ4n) is 2.60. The highest BCUT2D eigenvalue weighted by molar-refractivity contribution is 5.98. The standard InChI is InChI=1S/C20H25N3O2/c1-3-23(4-2)20(25)18-15-17(12-14-21-18)19(24)22-13-8-11-16-9-6-5-7-10-16/h5-7,9-10,12,14-15H,3-4,8,11,13H2,1-2H3,(H,22,24). The average molecular weight is 339 g/mol. The van der Waals surface area contributed by atoms with Gasteiger partial charge in [0.25, 0.3) is 11.8 Å². The molecule has 0 aliphatic carbocycles. The molecule has 2 amide bonds. The van der Waals surface area contributed by atoms with E-state index in [-0.39, 0.29) is 11.8 Å². The summed E-state index contributed by atoms with van der Waals surface area (Å²) >= 11 is 0. The van der Waals surface area contributed by atoms with E-state index in [4.69, 9.17) is 0 Å². The molecule has 5 nitrogen and oxygen atoms in total. The first kappa shape index (κ1) is 18.6. The molecule has 1 aromatic heterocycles. The molecule has 0 spiro atoms. The monoisotopic (exact) mass is 339 g/mol. The lowest BCUT2D eigenvalue weighted by molar-refractivity contribution is 0.0767. The van der Waals surface area contributed by atoms with Gasteiger partial charge in [0.1, 0.15) is 5.69 Å². The van der Waals surface area contributed by atoms with Crippen molar-refractivity contribution < 1.29 is 9.59 Å². The Bertz CT molecular complexity index is 697. The second kappa shape index (κ2) is 9.57. The number of nitrogens with one attached hydrogen (secondary N) is 1. The molecule has 5 heteroatoms. The third-order valence-electron chi connectivity index (χ3n) is 4.06. The summed E-state index contributed by atoms with van der Waals surface area (Å²) in [6, 6.07) is 13.4. The van der Waals surface area contributed by atoms with Crippen molar-refractivity contribution in [2.45, 2.75) is 26.7 Å². The summed E-state index contributed by atoms with van der Waals surface area (Å²) in [5.41, 5.74) is 2.03. The third kappa shape index (κ3) is 5.41. The molecule has 0 fully saturated rings. The van der Waals surface area contributed by atoms with Gasteiger partial charge in [-0.25, -0.2) is 0 Å². The predicted octanol–water partition coefficient (Wildman–Crippen LogP) is 2.93. The van der Waals surface area contributed by atoms with Gasteiger partial charge in [-0.15, -0.1) is 0 Å². The van der Waals surface area contributed by atoms with Crippen molar-refractivity contribution >= 4 is 11.8 Å². The van der Waals surface area contributed by atoms with E-state index in [0.29, 0.717) is 30.9 Å². The number of pyridine rings is 1. The largest absolute Gasteiger partial charge is 0.352 e. The summed E-state index contributed by atoms with van der Waals surface area (Å²) in [4.78, 5) is 30.4. The van der Waals surface area contributed by atoms with E-state index in [2.05, 4.69) is 22.4 Å². The highest BCUT2D eigenvalue weighted by Crippen LogP contribution is 2.06. The molecule has 1 heterocycles. The Kier molecular flexibility index (Phi) is 7.14. The van der Waals surface area contributed by atoms with Crippen LogP contribution < -0.4 is 5.32 Å². The molecule has 0 atom stereocenters. The average Bonchev–Trinajstić information content (AvgIpc) is 2.67. The lowest BCUT2D eigenvalue weighted by Crippen LogP contribution is -2.31. The van der Waals surface area contributed by atoms with Crippen LogP contribution in [0.4, 0.5) is 0 Å². The van der Waals surface area contributed by atoms with Gasteiger partial charge in [-0.1, -0.05) is 30.3 Å². The maximum absolute atomic E-state index is 12.3. The molecular formula is C20H25N3O2. The molecular weight excluding hydrogens is 314 g/mol. The van der Waals surface area contributed by atoms with Crippen LogP contribution >= 0.6 is 0 Å². The first-order valence-corrected chi connectivity index (χ1v) is 8.73.